The summed E-state index contributed by atoms with van der Waals surface area (Å²) in [6.07, 6.45) is 8.01. The van der Waals surface area contributed by atoms with Gasteiger partial charge >= 0.3 is 0 Å². The van der Waals surface area contributed by atoms with E-state index >= 15 is 0 Å². The highest BCUT2D eigenvalue weighted by atomic mass is 14.9. The molecule has 4 aliphatic carbocycles. The number of hydrogen-bond donors (Lipinski definition) is 0. The molecule has 4 aliphatic rings. The normalized spacial score (nSPS) is 17.1. The number of aryl methyl sites for hydroxylation is 3. The summed E-state index contributed by atoms with van der Waals surface area (Å²) in [7, 11) is 2.17. The zero-order chi connectivity index (χ0) is 29.0. The van der Waals surface area contributed by atoms with E-state index in [2.05, 4.69) is 142 Å². The highest BCUT2D eigenvalue weighted by molar-refractivity contribution is 5.96. The average molecular weight is 553 g/mol. The largest absolute Gasteiger partial charge is 0.220 e. The fraction of sp³-hybridized carbons (Fsp3) is 0.167. The molecular weight excluding hydrogens is 518 g/mol. The minimum Gasteiger partial charge on any atom is -0.200 e. The van der Waals surface area contributed by atoms with Crippen LogP contribution in [-0.4, -0.2) is 0 Å². The molecule has 0 aliphatic heterocycles. The van der Waals surface area contributed by atoms with Crippen molar-refractivity contribution in [3.05, 3.63) is 158 Å². The highest BCUT2D eigenvalue weighted by Crippen LogP contribution is 2.55. The molecule has 2 unspecified atom stereocenters. The monoisotopic (exact) mass is 552 g/mol. The molecule has 2 bridgehead atoms. The van der Waals surface area contributed by atoms with Crippen LogP contribution in [0.25, 0.3) is 45.3 Å². The van der Waals surface area contributed by atoms with E-state index in [9.17, 15) is 0 Å². The molecule has 10 rings (SSSR count). The van der Waals surface area contributed by atoms with Crippen molar-refractivity contribution in [2.45, 2.75) is 39.0 Å². The number of pyridine rings is 1. The van der Waals surface area contributed by atoms with Crippen molar-refractivity contribution in [3.63, 3.8) is 0 Å². The molecule has 0 radical (unpaired) electrons. The summed E-state index contributed by atoms with van der Waals surface area (Å²) in [5.41, 5.74) is 18.1. The third-order valence-electron chi connectivity index (χ3n) is 10.5. The van der Waals surface area contributed by atoms with E-state index in [1.807, 2.05) is 0 Å². The van der Waals surface area contributed by atoms with Gasteiger partial charge in [-0.2, -0.15) is 0 Å². The van der Waals surface area contributed by atoms with Gasteiger partial charge in [0.15, 0.2) is 6.20 Å². The van der Waals surface area contributed by atoms with Gasteiger partial charge in [0.1, 0.15) is 7.05 Å². The number of benzene rings is 5. The third-order valence-corrected chi connectivity index (χ3v) is 10.5. The van der Waals surface area contributed by atoms with E-state index in [0.717, 1.165) is 6.42 Å². The molecule has 206 valence electrons. The molecule has 0 N–H and O–H groups in total. The van der Waals surface area contributed by atoms with Gasteiger partial charge in [0.05, 0.1) is 10.9 Å². The number of aromatic nitrogens is 1. The van der Waals surface area contributed by atoms with Crippen LogP contribution in [-0.2, 0) is 7.05 Å². The van der Waals surface area contributed by atoms with Crippen LogP contribution in [0.5, 0.6) is 0 Å². The predicted molar refractivity (Wildman–Crippen MR) is 178 cm³/mol. The zero-order valence-electron chi connectivity index (χ0n) is 25.2. The lowest BCUT2D eigenvalue weighted by atomic mass is 9.60. The molecule has 0 spiro atoms. The quantitative estimate of drug-likeness (QED) is 0.192. The Morgan fingerprint density at radius 2 is 1.23 bits per heavy atom. The van der Waals surface area contributed by atoms with Gasteiger partial charge in [-0.15, -0.1) is 0 Å². The summed E-state index contributed by atoms with van der Waals surface area (Å²) >= 11 is 0. The van der Waals surface area contributed by atoms with Crippen LogP contribution in [0, 0.1) is 20.8 Å². The van der Waals surface area contributed by atoms with Crippen molar-refractivity contribution < 1.29 is 4.57 Å². The molecule has 5 aromatic carbocycles. The van der Waals surface area contributed by atoms with Crippen molar-refractivity contribution in [3.8, 4) is 22.4 Å². The van der Waals surface area contributed by atoms with Crippen molar-refractivity contribution in [2.24, 2.45) is 7.05 Å². The number of hydrogen-bond acceptors (Lipinski definition) is 0. The third kappa shape index (κ3) is 3.48. The molecule has 6 aromatic rings. The second-order valence-electron chi connectivity index (χ2n) is 12.9. The van der Waals surface area contributed by atoms with E-state index in [-0.39, 0.29) is 5.92 Å². The van der Waals surface area contributed by atoms with E-state index in [0.29, 0.717) is 5.92 Å². The SMILES string of the molecule is Cc1cc(C)c(C)c(-c2c3ccc(-c4ccc5c(c4)C4c6ccccc6C5c5cc6c(cc54)=CCC=6)cc3cc[n+]2C)c1. The maximum Gasteiger partial charge on any atom is 0.220 e. The van der Waals surface area contributed by atoms with Crippen LogP contribution in [0.3, 0.4) is 0 Å². The Morgan fingerprint density at radius 1 is 0.605 bits per heavy atom. The molecule has 0 saturated heterocycles. The smallest absolute Gasteiger partial charge is 0.200 e. The van der Waals surface area contributed by atoms with E-state index in [4.69, 9.17) is 0 Å². The standard InChI is InChI=1S/C42H34N/c1-24-18-25(2)26(3)36(19-24)42-32-14-12-29(20-31(32)16-17-43(42)4)30-13-15-35-37(23-30)41-34-11-6-5-10-33(34)40(35)38-21-27-8-7-9-28(27)22-39(38)41/h5-6,8-23,40-41H,7H2,1-4H3/q+1. The topological polar surface area (TPSA) is 3.88 Å². The number of nitrogens with zero attached hydrogens (tertiary/aromatic N) is 1. The molecule has 0 amide bonds. The summed E-state index contributed by atoms with van der Waals surface area (Å²) < 4.78 is 2.28. The number of rotatable bonds is 2. The zero-order valence-corrected chi connectivity index (χ0v) is 25.2. The maximum atomic E-state index is 2.49. The van der Waals surface area contributed by atoms with Crippen molar-refractivity contribution >= 4 is 22.9 Å². The first-order valence-corrected chi connectivity index (χ1v) is 15.5. The molecule has 1 heterocycles. The van der Waals surface area contributed by atoms with Gasteiger partial charge in [-0.05, 0) is 123 Å². The first-order valence-electron chi connectivity index (χ1n) is 15.5. The van der Waals surface area contributed by atoms with E-state index in [1.165, 1.54) is 93.7 Å². The second-order valence-corrected chi connectivity index (χ2v) is 12.9. The summed E-state index contributed by atoms with van der Waals surface area (Å²) in [4.78, 5) is 0. The van der Waals surface area contributed by atoms with Crippen LogP contribution < -0.4 is 15.0 Å². The Balaban J connectivity index is 1.21. The maximum absolute atomic E-state index is 2.49. The van der Waals surface area contributed by atoms with Gasteiger partial charge in [-0.1, -0.05) is 78.4 Å². The second kappa shape index (κ2) is 8.88. The Hall–Kier alpha value is -4.75. The molecule has 0 saturated carbocycles. The lowest BCUT2D eigenvalue weighted by molar-refractivity contribution is -0.659. The van der Waals surface area contributed by atoms with Crippen LogP contribution in [0.1, 0.15) is 68.3 Å². The van der Waals surface area contributed by atoms with Gasteiger partial charge < -0.3 is 0 Å². The van der Waals surface area contributed by atoms with Gasteiger partial charge in [0, 0.05) is 17.9 Å². The fourth-order valence-electron chi connectivity index (χ4n) is 8.32. The van der Waals surface area contributed by atoms with Crippen molar-refractivity contribution in [2.75, 3.05) is 0 Å². The molecule has 1 heteroatoms. The van der Waals surface area contributed by atoms with Crippen LogP contribution in [0.15, 0.2) is 97.2 Å². The molecule has 0 fully saturated rings. The van der Waals surface area contributed by atoms with Crippen LogP contribution >= 0.6 is 0 Å². The Bertz CT molecular complexity index is 2320. The summed E-state index contributed by atoms with van der Waals surface area (Å²) in [6, 6.07) is 35.3. The van der Waals surface area contributed by atoms with Crippen molar-refractivity contribution in [1.29, 1.82) is 0 Å². The number of fused-ring (bicyclic) bond motifs is 2. The van der Waals surface area contributed by atoms with Gasteiger partial charge in [-0.25, -0.2) is 4.57 Å². The average Bonchev–Trinajstić information content (AvgIpc) is 3.48. The van der Waals surface area contributed by atoms with E-state index in [1.54, 1.807) is 0 Å². The Morgan fingerprint density at radius 3 is 1.98 bits per heavy atom. The minimum atomic E-state index is 0.282. The lowest BCUT2D eigenvalue weighted by Crippen LogP contribution is -2.33. The van der Waals surface area contributed by atoms with Gasteiger partial charge in [0.25, 0.3) is 0 Å². The predicted octanol–water partition coefficient (Wildman–Crippen LogP) is 7.88. The van der Waals surface area contributed by atoms with Crippen LogP contribution in [0.2, 0.25) is 0 Å². The Labute approximate surface area is 253 Å². The molecule has 43 heavy (non-hydrogen) atoms. The summed E-state index contributed by atoms with van der Waals surface area (Å²) in [6.45, 7) is 6.67. The van der Waals surface area contributed by atoms with Crippen LogP contribution in [0.4, 0.5) is 0 Å². The lowest BCUT2D eigenvalue weighted by Gasteiger charge is -2.42. The minimum absolute atomic E-state index is 0.282. The van der Waals surface area contributed by atoms with E-state index < -0.39 is 0 Å². The summed E-state index contributed by atoms with van der Waals surface area (Å²) in [5.74, 6) is 0.587. The molecule has 1 nitrogen and oxygen atoms in total. The Kier molecular flexibility index (Phi) is 5.12. The molecule has 2 atom stereocenters. The highest BCUT2D eigenvalue weighted by Gasteiger charge is 2.41. The van der Waals surface area contributed by atoms with Gasteiger partial charge in [-0.3, -0.25) is 0 Å². The molecular formula is C42H34N+. The molecule has 1 aromatic heterocycles. The first-order chi connectivity index (χ1) is 21.0. The van der Waals surface area contributed by atoms with Gasteiger partial charge in [0.2, 0.25) is 5.69 Å². The summed E-state index contributed by atoms with van der Waals surface area (Å²) in [5, 5.41) is 5.38. The van der Waals surface area contributed by atoms with Crippen molar-refractivity contribution in [1.82, 2.24) is 0 Å². The first kappa shape index (κ1) is 24.8. The fourth-order valence-corrected chi connectivity index (χ4v) is 8.32.